The molecular formula is C18H21NO2. The lowest BCUT2D eigenvalue weighted by Gasteiger charge is -2.14. The first-order chi connectivity index (χ1) is 10.0. The van der Waals surface area contributed by atoms with Crippen LogP contribution in [0.3, 0.4) is 0 Å². The summed E-state index contributed by atoms with van der Waals surface area (Å²) in [5.74, 6) is 0.784. The van der Waals surface area contributed by atoms with E-state index in [9.17, 15) is 4.79 Å². The van der Waals surface area contributed by atoms with E-state index >= 15 is 0 Å². The predicted octanol–water partition coefficient (Wildman–Crippen LogP) is 3.69. The summed E-state index contributed by atoms with van der Waals surface area (Å²) in [7, 11) is 3.39. The van der Waals surface area contributed by atoms with Crippen LogP contribution in [0.1, 0.15) is 36.6 Å². The molecule has 0 aliphatic heterocycles. The Bertz CT molecular complexity index is 697. The highest BCUT2D eigenvalue weighted by molar-refractivity contribution is 5.69. The first-order valence-electron chi connectivity index (χ1n) is 7.05. The van der Waals surface area contributed by atoms with E-state index in [4.69, 9.17) is 4.74 Å². The lowest BCUT2D eigenvalue weighted by atomic mass is 10.0. The molecule has 0 bridgehead atoms. The average Bonchev–Trinajstić information content (AvgIpc) is 2.49. The molecule has 0 amide bonds. The molecule has 21 heavy (non-hydrogen) atoms. The number of hydrogen-bond donors (Lipinski definition) is 0. The fourth-order valence-electron chi connectivity index (χ4n) is 2.32. The molecule has 0 radical (unpaired) electrons. The lowest BCUT2D eigenvalue weighted by molar-refractivity contribution is 0.404. The number of benzene rings is 1. The van der Waals surface area contributed by atoms with Crippen molar-refractivity contribution in [2.75, 3.05) is 7.11 Å². The first kappa shape index (κ1) is 15.1. The molecule has 0 spiro atoms. The van der Waals surface area contributed by atoms with Crippen LogP contribution in [0.15, 0.2) is 41.2 Å². The zero-order chi connectivity index (χ0) is 15.4. The molecule has 1 aromatic heterocycles. The van der Waals surface area contributed by atoms with Crippen molar-refractivity contribution < 1.29 is 4.74 Å². The SMILES string of the molecule is COc1cc(/C=C/c2ccccc2)n(C)c(=O)c1C(C)C. The summed E-state index contributed by atoms with van der Waals surface area (Å²) >= 11 is 0. The molecule has 0 saturated heterocycles. The van der Waals surface area contributed by atoms with Gasteiger partial charge in [0, 0.05) is 18.8 Å². The summed E-state index contributed by atoms with van der Waals surface area (Å²) in [5.41, 5.74) is 2.64. The summed E-state index contributed by atoms with van der Waals surface area (Å²) in [6, 6.07) is 11.9. The predicted molar refractivity (Wildman–Crippen MR) is 87.7 cm³/mol. The quantitative estimate of drug-likeness (QED) is 0.857. The van der Waals surface area contributed by atoms with Gasteiger partial charge in [-0.15, -0.1) is 0 Å². The van der Waals surface area contributed by atoms with Gasteiger partial charge < -0.3 is 9.30 Å². The van der Waals surface area contributed by atoms with Gasteiger partial charge in [-0.3, -0.25) is 4.79 Å². The Balaban J connectivity index is 2.49. The Morgan fingerprint density at radius 1 is 1.14 bits per heavy atom. The summed E-state index contributed by atoms with van der Waals surface area (Å²) in [6.45, 7) is 4.00. The van der Waals surface area contributed by atoms with Gasteiger partial charge in [0.05, 0.1) is 12.7 Å². The topological polar surface area (TPSA) is 31.2 Å². The van der Waals surface area contributed by atoms with Crippen LogP contribution in [-0.2, 0) is 7.05 Å². The minimum absolute atomic E-state index is 0.00272. The third-order valence-corrected chi connectivity index (χ3v) is 3.51. The molecule has 0 aliphatic carbocycles. The van der Waals surface area contributed by atoms with Crippen LogP contribution in [-0.4, -0.2) is 11.7 Å². The van der Waals surface area contributed by atoms with E-state index in [2.05, 4.69) is 0 Å². The van der Waals surface area contributed by atoms with E-state index in [0.29, 0.717) is 5.75 Å². The minimum atomic E-state index is -0.00272. The van der Waals surface area contributed by atoms with E-state index in [1.807, 2.05) is 62.4 Å². The number of aromatic nitrogens is 1. The van der Waals surface area contributed by atoms with Crippen LogP contribution in [0.4, 0.5) is 0 Å². The number of rotatable bonds is 4. The number of methoxy groups -OCH3 is 1. The zero-order valence-corrected chi connectivity index (χ0v) is 13.0. The Hall–Kier alpha value is -2.29. The van der Waals surface area contributed by atoms with Gasteiger partial charge in [0.2, 0.25) is 0 Å². The van der Waals surface area contributed by atoms with Crippen LogP contribution < -0.4 is 10.3 Å². The third kappa shape index (κ3) is 3.24. The van der Waals surface area contributed by atoms with E-state index in [0.717, 1.165) is 16.8 Å². The molecule has 1 aromatic carbocycles. The van der Waals surface area contributed by atoms with Gasteiger partial charge >= 0.3 is 0 Å². The van der Waals surface area contributed by atoms with Crippen LogP contribution in [0.5, 0.6) is 5.75 Å². The second-order valence-electron chi connectivity index (χ2n) is 5.31. The fourth-order valence-corrected chi connectivity index (χ4v) is 2.32. The second-order valence-corrected chi connectivity index (χ2v) is 5.31. The van der Waals surface area contributed by atoms with Crippen LogP contribution in [0, 0.1) is 0 Å². The molecule has 2 aromatic rings. The van der Waals surface area contributed by atoms with Crippen LogP contribution in [0.25, 0.3) is 12.2 Å². The Labute approximate surface area is 125 Å². The molecule has 0 aliphatic rings. The molecule has 0 saturated carbocycles. The second kappa shape index (κ2) is 6.44. The number of hydrogen-bond acceptors (Lipinski definition) is 2. The van der Waals surface area contributed by atoms with Crippen molar-refractivity contribution in [3.8, 4) is 5.75 Å². The van der Waals surface area contributed by atoms with Crippen molar-refractivity contribution in [2.24, 2.45) is 7.05 Å². The molecule has 0 N–H and O–H groups in total. The molecule has 0 atom stereocenters. The summed E-state index contributed by atoms with van der Waals surface area (Å²) in [5, 5.41) is 0. The first-order valence-corrected chi connectivity index (χ1v) is 7.05. The van der Waals surface area contributed by atoms with Gasteiger partial charge in [-0.2, -0.15) is 0 Å². The highest BCUT2D eigenvalue weighted by Crippen LogP contribution is 2.24. The van der Waals surface area contributed by atoms with Crippen molar-refractivity contribution in [3.05, 3.63) is 63.6 Å². The number of nitrogens with zero attached hydrogens (tertiary/aromatic N) is 1. The van der Waals surface area contributed by atoms with Crippen molar-refractivity contribution in [1.29, 1.82) is 0 Å². The van der Waals surface area contributed by atoms with Gasteiger partial charge in [-0.1, -0.05) is 50.3 Å². The maximum atomic E-state index is 12.5. The van der Waals surface area contributed by atoms with Crippen LogP contribution >= 0.6 is 0 Å². The molecule has 0 unspecified atom stereocenters. The molecule has 3 heteroatoms. The number of pyridine rings is 1. The van der Waals surface area contributed by atoms with Gasteiger partial charge in [0.1, 0.15) is 5.75 Å². The van der Waals surface area contributed by atoms with Gasteiger partial charge in [-0.05, 0) is 17.6 Å². The normalized spacial score (nSPS) is 11.3. The molecule has 3 nitrogen and oxygen atoms in total. The smallest absolute Gasteiger partial charge is 0.257 e. The molecule has 110 valence electrons. The van der Waals surface area contributed by atoms with Crippen molar-refractivity contribution in [3.63, 3.8) is 0 Å². The lowest BCUT2D eigenvalue weighted by Crippen LogP contribution is -2.24. The van der Waals surface area contributed by atoms with Gasteiger partial charge in [0.15, 0.2) is 0 Å². The Morgan fingerprint density at radius 2 is 1.81 bits per heavy atom. The van der Waals surface area contributed by atoms with Crippen molar-refractivity contribution in [2.45, 2.75) is 19.8 Å². The average molecular weight is 283 g/mol. The Morgan fingerprint density at radius 3 is 2.38 bits per heavy atom. The van der Waals surface area contributed by atoms with E-state index in [1.54, 1.807) is 18.7 Å². The number of ether oxygens (including phenoxy) is 1. The standard InChI is InChI=1S/C18H21NO2/c1-13(2)17-16(21-4)12-15(19(3)18(17)20)11-10-14-8-6-5-7-9-14/h5-13H,1-4H3/b11-10+. The summed E-state index contributed by atoms with van der Waals surface area (Å²) in [6.07, 6.45) is 3.92. The monoisotopic (exact) mass is 283 g/mol. The maximum absolute atomic E-state index is 12.5. The van der Waals surface area contributed by atoms with Gasteiger partial charge in [-0.25, -0.2) is 0 Å². The summed E-state index contributed by atoms with van der Waals surface area (Å²) < 4.78 is 7.05. The van der Waals surface area contributed by atoms with Crippen LogP contribution in [0.2, 0.25) is 0 Å². The van der Waals surface area contributed by atoms with Gasteiger partial charge in [0.25, 0.3) is 5.56 Å². The van der Waals surface area contributed by atoms with E-state index in [-0.39, 0.29) is 11.5 Å². The zero-order valence-electron chi connectivity index (χ0n) is 13.0. The van der Waals surface area contributed by atoms with Crippen molar-refractivity contribution in [1.82, 2.24) is 4.57 Å². The molecule has 0 fully saturated rings. The fraction of sp³-hybridized carbons (Fsp3) is 0.278. The highest BCUT2D eigenvalue weighted by Gasteiger charge is 2.15. The molecule has 1 heterocycles. The van der Waals surface area contributed by atoms with E-state index in [1.165, 1.54) is 0 Å². The third-order valence-electron chi connectivity index (χ3n) is 3.51. The maximum Gasteiger partial charge on any atom is 0.257 e. The van der Waals surface area contributed by atoms with Crippen molar-refractivity contribution >= 4 is 12.2 Å². The Kier molecular flexibility index (Phi) is 4.63. The molecule has 2 rings (SSSR count). The molecular weight excluding hydrogens is 262 g/mol. The largest absolute Gasteiger partial charge is 0.496 e. The highest BCUT2D eigenvalue weighted by atomic mass is 16.5. The summed E-state index contributed by atoms with van der Waals surface area (Å²) in [4.78, 5) is 12.5. The van der Waals surface area contributed by atoms with E-state index < -0.39 is 0 Å². The minimum Gasteiger partial charge on any atom is -0.496 e.